The van der Waals surface area contributed by atoms with Crippen molar-refractivity contribution in [3.8, 4) is 0 Å². The molecule has 1 heterocycles. The third-order valence-electron chi connectivity index (χ3n) is 3.12. The molecule has 7 heteroatoms. The molecule has 2 aromatic carbocycles. The highest BCUT2D eigenvalue weighted by Gasteiger charge is 2.24. The molecule has 1 aliphatic heterocycles. The van der Waals surface area contributed by atoms with Gasteiger partial charge in [-0.1, -0.05) is 30.0 Å². The van der Waals surface area contributed by atoms with Gasteiger partial charge in [-0.25, -0.2) is 4.39 Å². The predicted molar refractivity (Wildman–Crippen MR) is 87.1 cm³/mol. The maximum Gasteiger partial charge on any atom is 0.286 e. The van der Waals surface area contributed by atoms with E-state index < -0.39 is 10.0 Å². The number of hydrogen-bond donors (Lipinski definition) is 1. The lowest BCUT2D eigenvalue weighted by Gasteiger charge is -2.18. The van der Waals surface area contributed by atoms with E-state index in [4.69, 9.17) is 0 Å². The first kappa shape index (κ1) is 15.1. The molecule has 1 N–H and O–H groups in total. The van der Waals surface area contributed by atoms with Crippen LogP contribution in [0.25, 0.3) is 0 Å². The highest BCUT2D eigenvalue weighted by molar-refractivity contribution is 8.14. The molecule has 0 saturated heterocycles. The Labute approximate surface area is 132 Å². The number of aryl methyl sites for hydroxylation is 1. The van der Waals surface area contributed by atoms with E-state index in [1.165, 1.54) is 23.9 Å². The second-order valence-electron chi connectivity index (χ2n) is 4.91. The number of thioether (sulfide) groups is 1. The molecular weight excluding hydrogens is 323 g/mol. The average Bonchev–Trinajstić information content (AvgIpc) is 2.44. The number of nitrogens with zero attached hydrogens (tertiary/aromatic N) is 1. The fraction of sp³-hybridized carbons (Fsp3) is 0.133. The van der Waals surface area contributed by atoms with Crippen LogP contribution in [-0.4, -0.2) is 13.6 Å². The molecule has 22 heavy (non-hydrogen) atoms. The van der Waals surface area contributed by atoms with Gasteiger partial charge in [0.2, 0.25) is 0 Å². The summed E-state index contributed by atoms with van der Waals surface area (Å²) >= 11 is 1.22. The van der Waals surface area contributed by atoms with E-state index in [0.717, 1.165) is 11.1 Å². The minimum atomic E-state index is -3.69. The number of nitrogens with one attached hydrogen (secondary N) is 1. The molecule has 4 nitrogen and oxygen atoms in total. The van der Waals surface area contributed by atoms with Gasteiger partial charge in [-0.3, -0.25) is 0 Å². The van der Waals surface area contributed by atoms with Gasteiger partial charge >= 0.3 is 0 Å². The minimum absolute atomic E-state index is 0.174. The molecule has 0 amide bonds. The van der Waals surface area contributed by atoms with Crippen molar-refractivity contribution < 1.29 is 12.8 Å². The van der Waals surface area contributed by atoms with Crippen LogP contribution in [0.15, 0.2) is 51.8 Å². The Kier molecular flexibility index (Phi) is 3.92. The summed E-state index contributed by atoms with van der Waals surface area (Å²) in [6.45, 7) is 1.89. The molecule has 1 aliphatic rings. The summed E-state index contributed by atoms with van der Waals surface area (Å²) in [7, 11) is -3.69. The Morgan fingerprint density at radius 1 is 1.23 bits per heavy atom. The molecule has 0 saturated carbocycles. The van der Waals surface area contributed by atoms with Crippen LogP contribution < -0.4 is 5.32 Å². The van der Waals surface area contributed by atoms with Gasteiger partial charge in [0, 0.05) is 5.75 Å². The number of benzene rings is 2. The Balaban J connectivity index is 1.83. The third-order valence-corrected chi connectivity index (χ3v) is 5.52. The zero-order valence-electron chi connectivity index (χ0n) is 11.7. The van der Waals surface area contributed by atoms with Gasteiger partial charge in [0.25, 0.3) is 10.0 Å². The molecule has 0 bridgehead atoms. The number of halogens is 1. The summed E-state index contributed by atoms with van der Waals surface area (Å²) in [4.78, 5) is 0.174. The SMILES string of the molecule is Cc1ccc2c(c1)NC(SCc1cccc(F)c1)=NS2(=O)=O. The van der Waals surface area contributed by atoms with E-state index in [-0.39, 0.29) is 10.7 Å². The Morgan fingerprint density at radius 3 is 2.82 bits per heavy atom. The number of fused-ring (bicyclic) bond motifs is 1. The maximum atomic E-state index is 13.1. The first-order valence-electron chi connectivity index (χ1n) is 6.54. The number of amidine groups is 1. The van der Waals surface area contributed by atoms with E-state index in [9.17, 15) is 12.8 Å². The van der Waals surface area contributed by atoms with Gasteiger partial charge in [-0.15, -0.1) is 4.40 Å². The van der Waals surface area contributed by atoms with Crippen LogP contribution >= 0.6 is 11.8 Å². The van der Waals surface area contributed by atoms with Gasteiger partial charge in [0.15, 0.2) is 5.17 Å². The van der Waals surface area contributed by atoms with Crippen LogP contribution in [-0.2, 0) is 15.8 Å². The van der Waals surface area contributed by atoms with E-state index in [0.29, 0.717) is 16.6 Å². The largest absolute Gasteiger partial charge is 0.333 e. The number of anilines is 1. The Morgan fingerprint density at radius 2 is 2.05 bits per heavy atom. The van der Waals surface area contributed by atoms with Crippen molar-refractivity contribution in [1.29, 1.82) is 0 Å². The van der Waals surface area contributed by atoms with Crippen molar-refractivity contribution in [3.05, 3.63) is 59.4 Å². The lowest BCUT2D eigenvalue weighted by molar-refractivity contribution is 0.598. The van der Waals surface area contributed by atoms with Gasteiger partial charge in [-0.2, -0.15) is 8.42 Å². The molecule has 3 rings (SSSR count). The standard InChI is InChI=1S/C15H13FN2O2S2/c1-10-5-6-14-13(7-10)17-15(18-22(14,19)20)21-9-11-3-2-4-12(16)8-11/h2-8H,9H2,1H3,(H,17,18). The minimum Gasteiger partial charge on any atom is -0.333 e. The molecule has 0 radical (unpaired) electrons. The van der Waals surface area contributed by atoms with E-state index in [2.05, 4.69) is 9.71 Å². The number of rotatable bonds is 2. The summed E-state index contributed by atoms with van der Waals surface area (Å²) in [5, 5.41) is 3.31. The zero-order valence-corrected chi connectivity index (χ0v) is 13.3. The van der Waals surface area contributed by atoms with Crippen LogP contribution in [0.5, 0.6) is 0 Å². The molecule has 0 aliphatic carbocycles. The summed E-state index contributed by atoms with van der Waals surface area (Å²) in [6, 6.07) is 11.2. The molecular formula is C15H13FN2O2S2. The van der Waals surface area contributed by atoms with Crippen molar-refractivity contribution in [2.75, 3.05) is 5.32 Å². The molecule has 0 aromatic heterocycles. The zero-order chi connectivity index (χ0) is 15.7. The van der Waals surface area contributed by atoms with Crippen molar-refractivity contribution in [2.24, 2.45) is 4.40 Å². The third kappa shape index (κ3) is 3.15. The highest BCUT2D eigenvalue weighted by Crippen LogP contribution is 2.31. The van der Waals surface area contributed by atoms with Crippen LogP contribution in [0.2, 0.25) is 0 Å². The van der Waals surface area contributed by atoms with Gasteiger partial charge in [-0.05, 0) is 42.3 Å². The molecule has 2 aromatic rings. The first-order valence-corrected chi connectivity index (χ1v) is 8.96. The van der Waals surface area contributed by atoms with Crippen LogP contribution in [0, 0.1) is 12.7 Å². The fourth-order valence-electron chi connectivity index (χ4n) is 2.10. The molecule has 0 spiro atoms. The molecule has 114 valence electrons. The highest BCUT2D eigenvalue weighted by atomic mass is 32.2. The average molecular weight is 336 g/mol. The summed E-state index contributed by atoms with van der Waals surface area (Å²) in [5.74, 6) is 0.116. The Bertz CT molecular complexity index is 864. The lowest BCUT2D eigenvalue weighted by Crippen LogP contribution is -2.19. The predicted octanol–water partition coefficient (Wildman–Crippen LogP) is 3.54. The molecule has 0 fully saturated rings. The second-order valence-corrected chi connectivity index (χ2v) is 7.45. The molecule has 0 atom stereocenters. The smallest absolute Gasteiger partial charge is 0.286 e. The second kappa shape index (κ2) is 5.73. The van der Waals surface area contributed by atoms with E-state index in [1.807, 2.05) is 6.92 Å². The first-order chi connectivity index (χ1) is 10.4. The van der Waals surface area contributed by atoms with Crippen LogP contribution in [0.3, 0.4) is 0 Å². The van der Waals surface area contributed by atoms with E-state index >= 15 is 0 Å². The topological polar surface area (TPSA) is 58.5 Å². The molecule has 0 unspecified atom stereocenters. The van der Waals surface area contributed by atoms with Crippen molar-refractivity contribution in [3.63, 3.8) is 0 Å². The van der Waals surface area contributed by atoms with Gasteiger partial charge in [0.1, 0.15) is 10.7 Å². The number of sulfonamides is 1. The van der Waals surface area contributed by atoms with Crippen molar-refractivity contribution in [2.45, 2.75) is 17.6 Å². The summed E-state index contributed by atoms with van der Waals surface area (Å²) in [5.41, 5.74) is 2.25. The summed E-state index contributed by atoms with van der Waals surface area (Å²) < 4.78 is 41.2. The van der Waals surface area contributed by atoms with Gasteiger partial charge in [0.05, 0.1) is 5.69 Å². The van der Waals surface area contributed by atoms with Gasteiger partial charge < -0.3 is 5.32 Å². The van der Waals surface area contributed by atoms with Crippen molar-refractivity contribution in [1.82, 2.24) is 0 Å². The fourth-order valence-corrected chi connectivity index (χ4v) is 4.26. The lowest BCUT2D eigenvalue weighted by atomic mass is 10.2. The normalized spacial score (nSPS) is 15.6. The quantitative estimate of drug-likeness (QED) is 0.911. The van der Waals surface area contributed by atoms with E-state index in [1.54, 1.807) is 30.3 Å². The number of hydrogen-bond acceptors (Lipinski definition) is 4. The maximum absolute atomic E-state index is 13.1. The van der Waals surface area contributed by atoms with Crippen LogP contribution in [0.1, 0.15) is 11.1 Å². The monoisotopic (exact) mass is 336 g/mol. The Hall–Kier alpha value is -1.86. The van der Waals surface area contributed by atoms with Crippen LogP contribution in [0.4, 0.5) is 10.1 Å². The van der Waals surface area contributed by atoms with Crippen molar-refractivity contribution >= 4 is 32.6 Å². The summed E-state index contributed by atoms with van der Waals surface area (Å²) in [6.07, 6.45) is 0.